The largest absolute Gasteiger partial charge is 0.480 e. The zero-order chi connectivity index (χ0) is 14.0. The van der Waals surface area contributed by atoms with Crippen molar-refractivity contribution in [2.45, 2.75) is 32.4 Å². The fourth-order valence-electron chi connectivity index (χ4n) is 1.25. The Morgan fingerprint density at radius 2 is 2.00 bits per heavy atom. The molecule has 2 atom stereocenters. The van der Waals surface area contributed by atoms with Gasteiger partial charge in [0, 0.05) is 11.8 Å². The summed E-state index contributed by atoms with van der Waals surface area (Å²) < 4.78 is 0. The minimum atomic E-state index is -0.991. The number of urea groups is 1. The Morgan fingerprint density at radius 1 is 1.33 bits per heavy atom. The number of carbonyl (C=O) groups is 2. The second kappa shape index (κ2) is 10.4. The average molecular weight is 294 g/mol. The number of rotatable bonds is 9. The van der Waals surface area contributed by atoms with E-state index in [1.165, 1.54) is 0 Å². The molecular formula is C11H22N2O3S2. The minimum Gasteiger partial charge on any atom is -0.480 e. The van der Waals surface area contributed by atoms with E-state index in [0.717, 1.165) is 11.5 Å². The summed E-state index contributed by atoms with van der Waals surface area (Å²) in [4.78, 5) is 22.5. The summed E-state index contributed by atoms with van der Waals surface area (Å²) in [5.41, 5.74) is 0. The number of thioether (sulfide) groups is 2. The molecule has 5 nitrogen and oxygen atoms in total. The third kappa shape index (κ3) is 8.52. The summed E-state index contributed by atoms with van der Waals surface area (Å²) in [5, 5.41) is 14.2. The highest BCUT2D eigenvalue weighted by Gasteiger charge is 2.19. The Morgan fingerprint density at radius 3 is 2.50 bits per heavy atom. The highest BCUT2D eigenvalue weighted by molar-refractivity contribution is 7.99. The van der Waals surface area contributed by atoms with Crippen LogP contribution in [0.4, 0.5) is 4.79 Å². The van der Waals surface area contributed by atoms with E-state index >= 15 is 0 Å². The van der Waals surface area contributed by atoms with E-state index in [4.69, 9.17) is 5.11 Å². The number of aliphatic carboxylic acids is 1. The fourth-order valence-corrected chi connectivity index (χ4v) is 2.40. The van der Waals surface area contributed by atoms with Gasteiger partial charge in [-0.1, -0.05) is 6.92 Å². The quantitative estimate of drug-likeness (QED) is 0.602. The number of hydrogen-bond donors (Lipinski definition) is 3. The predicted molar refractivity (Wildman–Crippen MR) is 78.6 cm³/mol. The van der Waals surface area contributed by atoms with Crippen molar-refractivity contribution in [1.29, 1.82) is 0 Å². The molecule has 7 heteroatoms. The second-order valence-electron chi connectivity index (χ2n) is 3.85. The Bertz CT molecular complexity index is 265. The number of nitrogens with one attached hydrogen (secondary N) is 2. The zero-order valence-corrected chi connectivity index (χ0v) is 12.7. The van der Waals surface area contributed by atoms with E-state index in [9.17, 15) is 9.59 Å². The van der Waals surface area contributed by atoms with Crippen molar-refractivity contribution < 1.29 is 14.7 Å². The highest BCUT2D eigenvalue weighted by Crippen LogP contribution is 2.03. The third-order valence-corrected chi connectivity index (χ3v) is 3.95. The molecule has 0 aliphatic carbocycles. The van der Waals surface area contributed by atoms with Crippen LogP contribution in [-0.4, -0.2) is 52.7 Å². The molecule has 106 valence electrons. The van der Waals surface area contributed by atoms with Crippen LogP contribution >= 0.6 is 23.5 Å². The molecule has 0 spiro atoms. The van der Waals surface area contributed by atoms with E-state index in [-0.39, 0.29) is 6.04 Å². The molecule has 0 aliphatic rings. The minimum absolute atomic E-state index is 0.0324. The first-order valence-electron chi connectivity index (χ1n) is 5.87. The van der Waals surface area contributed by atoms with Crippen LogP contribution in [0, 0.1) is 0 Å². The summed E-state index contributed by atoms with van der Waals surface area (Å²) in [6.07, 6.45) is 2.34. The van der Waals surface area contributed by atoms with Crippen molar-refractivity contribution in [3.63, 3.8) is 0 Å². The van der Waals surface area contributed by atoms with E-state index in [0.29, 0.717) is 12.2 Å². The maximum Gasteiger partial charge on any atom is 0.326 e. The van der Waals surface area contributed by atoms with Crippen LogP contribution in [0.1, 0.15) is 20.3 Å². The van der Waals surface area contributed by atoms with Gasteiger partial charge in [0.2, 0.25) is 0 Å². The normalized spacial score (nSPS) is 13.7. The van der Waals surface area contributed by atoms with Gasteiger partial charge in [0.25, 0.3) is 0 Å². The summed E-state index contributed by atoms with van der Waals surface area (Å²) in [6, 6.07) is -1.19. The van der Waals surface area contributed by atoms with Gasteiger partial charge in [-0.3, -0.25) is 0 Å². The first-order valence-corrected chi connectivity index (χ1v) is 8.42. The molecule has 0 rings (SSSR count). The first-order chi connectivity index (χ1) is 8.51. The van der Waals surface area contributed by atoms with Crippen molar-refractivity contribution in [3.05, 3.63) is 0 Å². The van der Waals surface area contributed by atoms with Crippen LogP contribution in [0.3, 0.4) is 0 Å². The molecule has 0 heterocycles. The molecule has 0 radical (unpaired) electrons. The smallest absolute Gasteiger partial charge is 0.326 e. The lowest BCUT2D eigenvalue weighted by Gasteiger charge is -2.17. The van der Waals surface area contributed by atoms with Crippen molar-refractivity contribution in [2.24, 2.45) is 0 Å². The second-order valence-corrected chi connectivity index (χ2v) is 6.16. The first kappa shape index (κ1) is 17.4. The Hall–Kier alpha value is -0.560. The Labute approximate surface area is 117 Å². The monoisotopic (exact) mass is 294 g/mol. The summed E-state index contributed by atoms with van der Waals surface area (Å²) >= 11 is 3.30. The van der Waals surface area contributed by atoms with Gasteiger partial charge in [0.1, 0.15) is 6.04 Å². The van der Waals surface area contributed by atoms with Gasteiger partial charge in [0.15, 0.2) is 0 Å². The molecule has 18 heavy (non-hydrogen) atoms. The van der Waals surface area contributed by atoms with Crippen molar-refractivity contribution in [3.8, 4) is 0 Å². The average Bonchev–Trinajstić information content (AvgIpc) is 2.31. The van der Waals surface area contributed by atoms with Gasteiger partial charge >= 0.3 is 12.0 Å². The molecule has 0 aromatic heterocycles. The fraction of sp³-hybridized carbons (Fsp3) is 0.818. The lowest BCUT2D eigenvalue weighted by atomic mass is 10.2. The number of carboxylic acid groups (broad SMARTS) is 1. The van der Waals surface area contributed by atoms with E-state index in [1.54, 1.807) is 23.5 Å². The number of carboxylic acids is 1. The Kier molecular flexibility index (Phi) is 10.0. The third-order valence-electron chi connectivity index (χ3n) is 2.16. The van der Waals surface area contributed by atoms with Gasteiger partial charge in [-0.25, -0.2) is 9.59 Å². The maximum absolute atomic E-state index is 11.6. The molecule has 2 amide bonds. The molecule has 0 aliphatic heterocycles. The number of amides is 2. The van der Waals surface area contributed by atoms with Crippen LogP contribution in [0.5, 0.6) is 0 Å². The van der Waals surface area contributed by atoms with Gasteiger partial charge in [-0.2, -0.15) is 23.5 Å². The van der Waals surface area contributed by atoms with Gasteiger partial charge in [-0.05, 0) is 31.1 Å². The summed E-state index contributed by atoms with van der Waals surface area (Å²) in [6.45, 7) is 3.96. The van der Waals surface area contributed by atoms with Crippen LogP contribution < -0.4 is 10.6 Å². The predicted octanol–water partition coefficient (Wildman–Crippen LogP) is 1.63. The molecule has 0 aromatic carbocycles. The van der Waals surface area contributed by atoms with Crippen LogP contribution in [0.15, 0.2) is 0 Å². The number of hydrogen-bond acceptors (Lipinski definition) is 4. The molecule has 0 saturated carbocycles. The molecular weight excluding hydrogens is 272 g/mol. The Balaban J connectivity index is 4.04. The SMILES string of the molecule is CCSCC(C)NC(=O)N[C@H](CCSC)C(=O)O. The molecule has 3 N–H and O–H groups in total. The van der Waals surface area contributed by atoms with Gasteiger partial charge in [-0.15, -0.1) is 0 Å². The molecule has 0 fully saturated rings. The summed E-state index contributed by atoms with van der Waals surface area (Å²) in [5.74, 6) is 1.54. The molecule has 0 bridgehead atoms. The number of carbonyl (C=O) groups excluding carboxylic acids is 1. The molecule has 0 aromatic rings. The molecule has 0 saturated heterocycles. The standard InChI is InChI=1S/C11H22N2O3S2/c1-4-18-7-8(2)12-11(16)13-9(10(14)15)5-6-17-3/h8-9H,4-7H2,1-3H3,(H,14,15)(H2,12,13,16)/t8?,9-/m1/s1. The van der Waals surface area contributed by atoms with E-state index < -0.39 is 18.0 Å². The van der Waals surface area contributed by atoms with Gasteiger partial charge < -0.3 is 15.7 Å². The zero-order valence-electron chi connectivity index (χ0n) is 11.1. The maximum atomic E-state index is 11.6. The van der Waals surface area contributed by atoms with Crippen molar-refractivity contribution in [2.75, 3.05) is 23.5 Å². The lowest BCUT2D eigenvalue weighted by molar-refractivity contribution is -0.139. The summed E-state index contributed by atoms with van der Waals surface area (Å²) in [7, 11) is 0. The highest BCUT2D eigenvalue weighted by atomic mass is 32.2. The topological polar surface area (TPSA) is 78.4 Å². The van der Waals surface area contributed by atoms with Crippen LogP contribution in [0.25, 0.3) is 0 Å². The van der Waals surface area contributed by atoms with Crippen LogP contribution in [-0.2, 0) is 4.79 Å². The van der Waals surface area contributed by atoms with Crippen molar-refractivity contribution >= 4 is 35.5 Å². The lowest BCUT2D eigenvalue weighted by Crippen LogP contribution is -2.49. The van der Waals surface area contributed by atoms with E-state index in [2.05, 4.69) is 17.6 Å². The van der Waals surface area contributed by atoms with Crippen LogP contribution in [0.2, 0.25) is 0 Å². The van der Waals surface area contributed by atoms with E-state index in [1.807, 2.05) is 13.2 Å². The van der Waals surface area contributed by atoms with Gasteiger partial charge in [0.05, 0.1) is 0 Å². The molecule has 1 unspecified atom stereocenters. The van der Waals surface area contributed by atoms with Crippen molar-refractivity contribution in [1.82, 2.24) is 10.6 Å².